The van der Waals surface area contributed by atoms with Crippen molar-refractivity contribution < 1.29 is 26.6 Å². The third-order valence-corrected chi connectivity index (χ3v) is 2.71. The Hall–Kier alpha value is -0.0400. The second-order valence-corrected chi connectivity index (χ2v) is 6.22. The quantitative estimate of drug-likeness (QED) is 0.278. The average molecular weight is 378 g/mol. The van der Waals surface area contributed by atoms with E-state index in [0.29, 0.717) is 0 Å². The van der Waals surface area contributed by atoms with Crippen LogP contribution in [0.25, 0.3) is 0 Å². The Kier molecular flexibility index (Phi) is 4.00. The van der Waals surface area contributed by atoms with Crippen LogP contribution in [0.5, 0.6) is 0 Å². The van der Waals surface area contributed by atoms with Gasteiger partial charge < -0.3 is 0 Å². The van der Waals surface area contributed by atoms with Crippen molar-refractivity contribution in [2.45, 2.75) is 13.8 Å². The van der Waals surface area contributed by atoms with Crippen LogP contribution in [0.4, 0.5) is 25.2 Å². The molecule has 0 saturated heterocycles. The van der Waals surface area contributed by atoms with Gasteiger partial charge in [0.15, 0.2) is 0 Å². The summed E-state index contributed by atoms with van der Waals surface area (Å²) < 4.78 is 60.5. The van der Waals surface area contributed by atoms with Crippen molar-refractivity contribution in [3.63, 3.8) is 0 Å². The zero-order chi connectivity index (χ0) is 13.3. The molecule has 0 fully saturated rings. The fraction of sp³-hybridized carbons (Fsp3) is 0.250. The Bertz CT molecular complexity index is 356. The molecule has 0 atom stereocenters. The number of benzene rings is 1. The van der Waals surface area contributed by atoms with E-state index in [1.807, 2.05) is 0 Å². The van der Waals surface area contributed by atoms with E-state index in [1.54, 1.807) is 0 Å². The van der Waals surface area contributed by atoms with Crippen molar-refractivity contribution in [1.82, 2.24) is 0 Å². The second-order valence-electron chi connectivity index (χ2n) is 3.14. The molecule has 0 aliphatic carbocycles. The van der Waals surface area contributed by atoms with Crippen molar-refractivity contribution in [1.29, 1.82) is 0 Å². The summed E-state index contributed by atoms with van der Waals surface area (Å²) in [6.07, 6.45) is 0. The molecule has 0 radical (unpaired) electrons. The Morgan fingerprint density at radius 1 is 1.00 bits per heavy atom. The summed E-state index contributed by atoms with van der Waals surface area (Å²) in [5.74, 6) is 0. The molecule has 1 aromatic carbocycles. The van der Waals surface area contributed by atoms with E-state index in [4.69, 9.17) is 0 Å². The molecule has 0 N–H and O–H groups in total. The van der Waals surface area contributed by atoms with E-state index >= 15 is 0 Å². The van der Waals surface area contributed by atoms with Gasteiger partial charge in [-0.1, -0.05) is 12.1 Å². The summed E-state index contributed by atoms with van der Waals surface area (Å²) in [4.78, 5) is 0. The molecule has 0 heterocycles. The van der Waals surface area contributed by atoms with Crippen LogP contribution < -0.4 is 0 Å². The molecule has 1 aromatic rings. The van der Waals surface area contributed by atoms with E-state index in [0.717, 1.165) is 0 Å². The minimum absolute atomic E-state index is 0. The molecule has 0 aliphatic rings. The van der Waals surface area contributed by atoms with Crippen LogP contribution in [-0.2, 0) is 0 Å². The first-order chi connectivity index (χ1) is 6.66. The van der Waals surface area contributed by atoms with E-state index in [-0.39, 0.29) is 1.43 Å². The second kappa shape index (κ2) is 4.01. The predicted molar refractivity (Wildman–Crippen MR) is 63.3 cm³/mol. The minimum Gasteiger partial charge on any atom is 1.00 e. The molecule has 96 valence electrons. The predicted octanol–water partition coefficient (Wildman–Crippen LogP) is 6.40. The van der Waals surface area contributed by atoms with Crippen LogP contribution in [0.3, 0.4) is 0 Å². The maximum absolute atomic E-state index is 10.7. The molecule has 0 amide bonds. The molecule has 0 saturated carbocycles. The summed E-state index contributed by atoms with van der Waals surface area (Å²) in [6, 6.07) is 6.35. The van der Waals surface area contributed by atoms with Gasteiger partial charge in [-0.3, -0.25) is 0 Å². The third-order valence-electron chi connectivity index (χ3n) is 1.54. The van der Waals surface area contributed by atoms with Gasteiger partial charge in [0, 0.05) is 3.57 Å². The molecule has 16 heavy (non-hydrogen) atoms. The van der Waals surface area contributed by atoms with Gasteiger partial charge in [0.05, 0.1) is 0 Å². The fourth-order valence-electron chi connectivity index (χ4n) is 0.715. The number of rotatable bonds is 0. The fourth-order valence-corrected chi connectivity index (χ4v) is 1.35. The van der Waals surface area contributed by atoms with E-state index in [9.17, 15) is 25.2 Å². The summed E-state index contributed by atoms with van der Waals surface area (Å²) in [7, 11) is -10.7. The molecule has 1 rings (SSSR count). The number of halogens is 7. The van der Waals surface area contributed by atoms with Gasteiger partial charge in [-0.25, -0.2) is 0 Å². The standard InChI is InChI=1S/C8H9I.F6P/c1-6-4-3-5-8(9)7(6)2;1-7(2,3,4,5)6/h3-5H,1-2H3;/q;-1/p+1. The summed E-state index contributed by atoms with van der Waals surface area (Å²) in [5, 5.41) is 0. The molecular formula is C8H10F6IP. The van der Waals surface area contributed by atoms with Crippen molar-refractivity contribution in [2.24, 2.45) is 0 Å². The van der Waals surface area contributed by atoms with Crippen molar-refractivity contribution >= 4 is 30.4 Å². The first kappa shape index (κ1) is 16.0. The van der Waals surface area contributed by atoms with E-state index in [2.05, 4.69) is 54.6 Å². The van der Waals surface area contributed by atoms with Crippen molar-refractivity contribution in [3.8, 4) is 0 Å². The van der Waals surface area contributed by atoms with Crippen LogP contribution in [0.15, 0.2) is 18.2 Å². The molecule has 0 unspecified atom stereocenters. The SMILES string of the molecule is Cc1cccc(I)c1C.F[P-](F)(F)(F)(F)F.[H+]. The van der Waals surface area contributed by atoms with Gasteiger partial charge >= 0.3 is 34.4 Å². The molecule has 0 nitrogen and oxygen atoms in total. The van der Waals surface area contributed by atoms with Gasteiger partial charge in [0.2, 0.25) is 0 Å². The molecule has 0 spiro atoms. The van der Waals surface area contributed by atoms with Crippen LogP contribution in [-0.4, -0.2) is 0 Å². The normalized spacial score (nSPS) is 15.6. The maximum Gasteiger partial charge on any atom is 1.00 e. The smallest absolute Gasteiger partial charge is 1.00 e. The summed E-state index contributed by atoms with van der Waals surface area (Å²) >= 11 is 2.35. The molecular weight excluding hydrogens is 368 g/mol. The van der Waals surface area contributed by atoms with Gasteiger partial charge in [0.1, 0.15) is 0 Å². The van der Waals surface area contributed by atoms with Gasteiger partial charge in [0.25, 0.3) is 0 Å². The Balaban J connectivity index is 0. The Labute approximate surface area is 104 Å². The minimum atomic E-state index is -10.7. The van der Waals surface area contributed by atoms with Crippen LogP contribution in [0.2, 0.25) is 0 Å². The first-order valence-corrected chi connectivity index (χ1v) is 7.05. The van der Waals surface area contributed by atoms with Gasteiger partial charge in [-0.15, -0.1) is 0 Å². The Morgan fingerprint density at radius 2 is 1.38 bits per heavy atom. The maximum atomic E-state index is 9.87. The van der Waals surface area contributed by atoms with E-state index in [1.165, 1.54) is 14.7 Å². The van der Waals surface area contributed by atoms with Crippen molar-refractivity contribution in [2.75, 3.05) is 0 Å². The van der Waals surface area contributed by atoms with Gasteiger partial charge in [-0.05, 0) is 53.6 Å². The van der Waals surface area contributed by atoms with Crippen LogP contribution in [0, 0.1) is 17.4 Å². The summed E-state index contributed by atoms with van der Waals surface area (Å²) in [5.41, 5.74) is 2.78. The average Bonchev–Trinajstić information content (AvgIpc) is 1.94. The molecule has 8 heteroatoms. The van der Waals surface area contributed by atoms with Crippen molar-refractivity contribution in [3.05, 3.63) is 32.9 Å². The summed E-state index contributed by atoms with van der Waals surface area (Å²) in [6.45, 7) is 4.29. The van der Waals surface area contributed by atoms with Gasteiger partial charge in [-0.2, -0.15) is 0 Å². The number of hydrogen-bond acceptors (Lipinski definition) is 0. The van der Waals surface area contributed by atoms with E-state index < -0.39 is 7.81 Å². The van der Waals surface area contributed by atoms with Crippen LogP contribution >= 0.6 is 30.4 Å². The zero-order valence-corrected chi connectivity index (χ0v) is 11.4. The number of hydrogen-bond donors (Lipinski definition) is 0. The Morgan fingerprint density at radius 3 is 1.62 bits per heavy atom. The largest absolute Gasteiger partial charge is 1.00 e. The third kappa shape index (κ3) is 12.0. The zero-order valence-electron chi connectivity index (χ0n) is 9.33. The molecule has 0 bridgehead atoms. The molecule has 0 aliphatic heterocycles. The monoisotopic (exact) mass is 378 g/mol. The molecule has 0 aromatic heterocycles. The number of aryl methyl sites for hydroxylation is 1. The first-order valence-electron chi connectivity index (χ1n) is 3.95. The topological polar surface area (TPSA) is 0 Å². The van der Waals surface area contributed by atoms with Crippen LogP contribution in [0.1, 0.15) is 12.6 Å².